The third-order valence-electron chi connectivity index (χ3n) is 1.84. The van der Waals surface area contributed by atoms with E-state index in [2.05, 4.69) is 17.1 Å². The SMILES string of the molecule is C[I-]C1=CCC2OCOC2=C1. The molecule has 0 N–H and O–H groups in total. The Labute approximate surface area is 76.5 Å². The molecule has 1 heterocycles. The topological polar surface area (TPSA) is 18.5 Å². The number of alkyl halides is 1. The number of hydrogen-bond acceptors (Lipinski definition) is 2. The molecule has 11 heavy (non-hydrogen) atoms. The van der Waals surface area contributed by atoms with Crippen LogP contribution in [0.15, 0.2) is 21.5 Å². The maximum atomic E-state index is 5.33. The Morgan fingerprint density at radius 1 is 1.64 bits per heavy atom. The summed E-state index contributed by atoms with van der Waals surface area (Å²) in [6.45, 7) is 0.444. The fourth-order valence-corrected chi connectivity index (χ4v) is 2.54. The molecule has 0 radical (unpaired) electrons. The molecule has 1 aliphatic carbocycles. The van der Waals surface area contributed by atoms with Gasteiger partial charge in [-0.25, -0.2) is 0 Å². The summed E-state index contributed by atoms with van der Waals surface area (Å²) in [5, 5.41) is 0. The van der Waals surface area contributed by atoms with E-state index in [9.17, 15) is 0 Å². The Morgan fingerprint density at radius 2 is 2.55 bits per heavy atom. The Kier molecular flexibility index (Phi) is 2.18. The van der Waals surface area contributed by atoms with Crippen LogP contribution in [-0.2, 0) is 9.47 Å². The molecule has 0 aromatic rings. The van der Waals surface area contributed by atoms with Crippen molar-refractivity contribution < 1.29 is 30.7 Å². The summed E-state index contributed by atoms with van der Waals surface area (Å²) >= 11 is 0.210. The average Bonchev–Trinajstić information content (AvgIpc) is 2.50. The van der Waals surface area contributed by atoms with E-state index in [1.165, 1.54) is 3.58 Å². The van der Waals surface area contributed by atoms with Crippen molar-refractivity contribution in [2.24, 2.45) is 0 Å². The molecule has 1 saturated heterocycles. The average molecular weight is 265 g/mol. The van der Waals surface area contributed by atoms with Crippen molar-refractivity contribution in [2.45, 2.75) is 12.5 Å². The summed E-state index contributed by atoms with van der Waals surface area (Å²) in [6, 6.07) is 0. The number of ether oxygens (including phenoxy) is 2. The summed E-state index contributed by atoms with van der Waals surface area (Å²) in [6.07, 6.45) is 5.66. The van der Waals surface area contributed by atoms with Crippen LogP contribution >= 0.6 is 0 Å². The molecule has 1 unspecified atom stereocenters. The summed E-state index contributed by atoms with van der Waals surface area (Å²) < 4.78 is 12.1. The van der Waals surface area contributed by atoms with Gasteiger partial charge in [0.1, 0.15) is 0 Å². The Balaban J connectivity index is 2.17. The van der Waals surface area contributed by atoms with Crippen LogP contribution in [0.2, 0.25) is 0 Å². The third-order valence-corrected chi connectivity index (χ3v) is 3.83. The van der Waals surface area contributed by atoms with Gasteiger partial charge in [-0.1, -0.05) is 0 Å². The Hall–Kier alpha value is -0.0300. The van der Waals surface area contributed by atoms with Crippen LogP contribution in [0.5, 0.6) is 0 Å². The van der Waals surface area contributed by atoms with E-state index in [1.807, 2.05) is 0 Å². The quantitative estimate of drug-likeness (QED) is 0.413. The second-order valence-corrected chi connectivity index (χ2v) is 4.80. The molecular formula is C8H10IO2-. The van der Waals surface area contributed by atoms with Gasteiger partial charge in [0.2, 0.25) is 0 Å². The fraction of sp³-hybridized carbons (Fsp3) is 0.500. The first-order valence-corrected chi connectivity index (χ1v) is 6.79. The molecule has 0 bridgehead atoms. The van der Waals surface area contributed by atoms with Crippen molar-refractivity contribution in [2.75, 3.05) is 11.7 Å². The molecule has 62 valence electrons. The van der Waals surface area contributed by atoms with Crippen molar-refractivity contribution >= 4 is 0 Å². The van der Waals surface area contributed by atoms with Gasteiger partial charge in [0.05, 0.1) is 0 Å². The van der Waals surface area contributed by atoms with Crippen LogP contribution < -0.4 is 21.2 Å². The van der Waals surface area contributed by atoms with Gasteiger partial charge < -0.3 is 0 Å². The van der Waals surface area contributed by atoms with Crippen LogP contribution in [0.25, 0.3) is 0 Å². The van der Waals surface area contributed by atoms with E-state index in [0.717, 1.165) is 12.2 Å². The van der Waals surface area contributed by atoms with Crippen molar-refractivity contribution in [1.82, 2.24) is 0 Å². The van der Waals surface area contributed by atoms with E-state index < -0.39 is 0 Å². The molecule has 2 nitrogen and oxygen atoms in total. The van der Waals surface area contributed by atoms with Crippen molar-refractivity contribution in [3.63, 3.8) is 0 Å². The fourth-order valence-electron chi connectivity index (χ4n) is 1.22. The molecule has 3 heteroatoms. The monoisotopic (exact) mass is 265 g/mol. The summed E-state index contributed by atoms with van der Waals surface area (Å²) in [7, 11) is 0. The molecule has 1 aliphatic heterocycles. The summed E-state index contributed by atoms with van der Waals surface area (Å²) in [4.78, 5) is 2.26. The van der Waals surface area contributed by atoms with Crippen LogP contribution in [0.4, 0.5) is 0 Å². The van der Waals surface area contributed by atoms with Gasteiger partial charge >= 0.3 is 76.4 Å². The van der Waals surface area contributed by atoms with Gasteiger partial charge in [0.25, 0.3) is 0 Å². The van der Waals surface area contributed by atoms with E-state index >= 15 is 0 Å². The van der Waals surface area contributed by atoms with Gasteiger partial charge in [-0.15, -0.1) is 0 Å². The molecule has 0 spiro atoms. The molecule has 0 amide bonds. The van der Waals surface area contributed by atoms with E-state index in [1.54, 1.807) is 0 Å². The summed E-state index contributed by atoms with van der Waals surface area (Å²) in [5.74, 6) is 1.05. The van der Waals surface area contributed by atoms with Crippen LogP contribution in [0.3, 0.4) is 0 Å². The molecule has 1 atom stereocenters. The zero-order chi connectivity index (χ0) is 7.68. The number of halogens is 1. The van der Waals surface area contributed by atoms with Gasteiger partial charge in [0.15, 0.2) is 0 Å². The van der Waals surface area contributed by atoms with Gasteiger partial charge in [-0.05, 0) is 0 Å². The zero-order valence-corrected chi connectivity index (χ0v) is 8.50. The second kappa shape index (κ2) is 3.15. The number of rotatable bonds is 1. The molecule has 0 aromatic heterocycles. The van der Waals surface area contributed by atoms with E-state index in [4.69, 9.17) is 9.47 Å². The second-order valence-electron chi connectivity index (χ2n) is 2.48. The van der Waals surface area contributed by atoms with Crippen LogP contribution in [0.1, 0.15) is 6.42 Å². The van der Waals surface area contributed by atoms with E-state index in [0.29, 0.717) is 6.79 Å². The molecular weight excluding hydrogens is 255 g/mol. The molecule has 2 aliphatic rings. The predicted molar refractivity (Wildman–Crippen MR) is 37.5 cm³/mol. The summed E-state index contributed by atoms with van der Waals surface area (Å²) in [5.41, 5.74) is 0. The molecule has 2 rings (SSSR count). The van der Waals surface area contributed by atoms with Crippen LogP contribution in [0, 0.1) is 0 Å². The first kappa shape index (κ1) is 7.61. The normalized spacial score (nSPS) is 29.0. The number of fused-ring (bicyclic) bond motifs is 1. The standard InChI is InChI=1S/C8H10IO2/c1-9-6-2-3-7-8(4-6)11-5-10-7/h2,4,7H,3,5H2,1H3/q-1. The first-order valence-electron chi connectivity index (χ1n) is 3.56. The number of hydrogen-bond donors (Lipinski definition) is 0. The van der Waals surface area contributed by atoms with Crippen molar-refractivity contribution in [1.29, 1.82) is 0 Å². The number of allylic oxidation sites excluding steroid dienone is 2. The minimum absolute atomic E-state index is 0.210. The Morgan fingerprint density at radius 3 is 3.36 bits per heavy atom. The minimum atomic E-state index is 0.210. The van der Waals surface area contributed by atoms with Crippen molar-refractivity contribution in [3.05, 3.63) is 21.5 Å². The third kappa shape index (κ3) is 1.44. The first-order chi connectivity index (χ1) is 5.40. The van der Waals surface area contributed by atoms with Gasteiger partial charge in [-0.3, -0.25) is 0 Å². The van der Waals surface area contributed by atoms with Crippen molar-refractivity contribution in [3.8, 4) is 0 Å². The molecule has 1 fully saturated rings. The van der Waals surface area contributed by atoms with Crippen LogP contribution in [-0.4, -0.2) is 17.8 Å². The molecule has 0 aromatic carbocycles. The van der Waals surface area contributed by atoms with Gasteiger partial charge in [-0.2, -0.15) is 0 Å². The van der Waals surface area contributed by atoms with Gasteiger partial charge in [0, 0.05) is 0 Å². The molecule has 0 saturated carbocycles. The maximum absolute atomic E-state index is 5.33. The predicted octanol–water partition coefficient (Wildman–Crippen LogP) is -1.75. The zero-order valence-electron chi connectivity index (χ0n) is 6.34. The Bertz CT molecular complexity index is 220. The van der Waals surface area contributed by atoms with E-state index in [-0.39, 0.29) is 27.3 Å².